The fourth-order valence-corrected chi connectivity index (χ4v) is 7.52. The molecule has 1 aromatic rings. The second-order valence-electron chi connectivity index (χ2n) is 12.3. The Balaban J connectivity index is 4.28. The minimum absolute atomic E-state index is 0.0219. The summed E-state index contributed by atoms with van der Waals surface area (Å²) in [7, 11) is -3.26. The van der Waals surface area contributed by atoms with E-state index >= 15 is 0 Å². The van der Waals surface area contributed by atoms with Crippen LogP contribution in [0.25, 0.3) is 0 Å². The van der Waals surface area contributed by atoms with Crippen molar-refractivity contribution in [3.05, 3.63) is 16.7 Å². The topological polar surface area (TPSA) is 83.8 Å². The molecular weight excluding hydrogens is 424 g/mol. The van der Waals surface area contributed by atoms with Crippen LogP contribution < -0.4 is 4.74 Å². The molecule has 0 saturated heterocycles. The lowest BCUT2D eigenvalue weighted by atomic mass is 9.56. The van der Waals surface area contributed by atoms with Crippen molar-refractivity contribution in [2.45, 2.75) is 106 Å². The highest BCUT2D eigenvalue weighted by Crippen LogP contribution is 2.59. The van der Waals surface area contributed by atoms with Crippen LogP contribution in [0.5, 0.6) is 11.5 Å². The van der Waals surface area contributed by atoms with Gasteiger partial charge in [0.2, 0.25) is 0 Å². The average molecular weight is 471 g/mol. The number of aromatic hydroxyl groups is 1. The summed E-state index contributed by atoms with van der Waals surface area (Å²) < 4.78 is 41.5. The van der Waals surface area contributed by atoms with Crippen molar-refractivity contribution in [3.63, 3.8) is 0 Å². The lowest BCUT2D eigenvalue weighted by Crippen LogP contribution is -2.38. The molecule has 0 bridgehead atoms. The van der Waals surface area contributed by atoms with Crippen molar-refractivity contribution in [2.24, 2.45) is 22.2 Å². The summed E-state index contributed by atoms with van der Waals surface area (Å²) >= 11 is 0. The molecule has 2 N–H and O–H groups in total. The number of ether oxygens (including phenoxy) is 1. The third kappa shape index (κ3) is 6.19. The standard InChI is InChI=1S/C26H46O5S/c1-13-18-17(4)21(31-12)22(32(28,29)30)19(20(18)27)23(25(8,9)14-16(2)3)26(10,11)15-24(5,6)7/h16,23,27H,13-15H2,1-12H3,(H,28,29,30). The zero-order valence-corrected chi connectivity index (χ0v) is 23.1. The van der Waals surface area contributed by atoms with Crippen molar-refractivity contribution < 1.29 is 22.8 Å². The maximum atomic E-state index is 12.8. The molecule has 186 valence electrons. The second kappa shape index (κ2) is 9.54. The number of phenols is 1. The van der Waals surface area contributed by atoms with Crippen molar-refractivity contribution in [2.75, 3.05) is 7.11 Å². The Morgan fingerprint density at radius 3 is 1.84 bits per heavy atom. The van der Waals surface area contributed by atoms with Crippen molar-refractivity contribution in [3.8, 4) is 11.5 Å². The normalized spacial score (nSPS) is 14.7. The minimum Gasteiger partial charge on any atom is -0.507 e. The molecule has 32 heavy (non-hydrogen) atoms. The Morgan fingerprint density at radius 2 is 1.50 bits per heavy atom. The van der Waals surface area contributed by atoms with Crippen LogP contribution in [0.4, 0.5) is 0 Å². The summed E-state index contributed by atoms with van der Waals surface area (Å²) in [5, 5.41) is 11.5. The first-order valence-electron chi connectivity index (χ1n) is 11.6. The van der Waals surface area contributed by atoms with Crippen LogP contribution in [0, 0.1) is 29.1 Å². The number of phenolic OH excluding ortho intramolecular Hbond substituents is 1. The number of hydrogen-bond acceptors (Lipinski definition) is 4. The SMILES string of the molecule is CCc1c(C)c(OC)c(S(=O)(=O)O)c(C(C(C)(C)CC(C)C)C(C)(C)CC(C)(C)C)c1O. The van der Waals surface area contributed by atoms with Gasteiger partial charge >= 0.3 is 0 Å². The summed E-state index contributed by atoms with van der Waals surface area (Å²) in [6.45, 7) is 23.0. The van der Waals surface area contributed by atoms with Gasteiger partial charge in [0, 0.05) is 11.1 Å². The Kier molecular flexibility index (Phi) is 8.57. The molecule has 1 unspecified atom stereocenters. The lowest BCUT2D eigenvalue weighted by molar-refractivity contribution is 0.0751. The maximum Gasteiger partial charge on any atom is 0.298 e. The zero-order chi connectivity index (χ0) is 25.4. The summed E-state index contributed by atoms with van der Waals surface area (Å²) in [5.41, 5.74) is 0.696. The highest BCUT2D eigenvalue weighted by atomic mass is 32.2. The van der Waals surface area contributed by atoms with E-state index in [2.05, 4.69) is 62.3 Å². The smallest absolute Gasteiger partial charge is 0.298 e. The molecule has 0 saturated carbocycles. The first-order chi connectivity index (χ1) is 14.2. The lowest BCUT2D eigenvalue weighted by Gasteiger charge is -2.49. The van der Waals surface area contributed by atoms with E-state index < -0.39 is 15.5 Å². The summed E-state index contributed by atoms with van der Waals surface area (Å²) in [5.74, 6) is 0.0944. The van der Waals surface area contributed by atoms with Gasteiger partial charge in [0.25, 0.3) is 10.1 Å². The van der Waals surface area contributed by atoms with Gasteiger partial charge in [0.05, 0.1) is 7.11 Å². The molecule has 0 fully saturated rings. The molecule has 1 rings (SSSR count). The van der Waals surface area contributed by atoms with Gasteiger partial charge in [-0.05, 0) is 59.8 Å². The van der Waals surface area contributed by atoms with E-state index in [0.29, 0.717) is 23.5 Å². The third-order valence-corrected chi connectivity index (χ3v) is 7.29. The first kappa shape index (κ1) is 28.8. The molecule has 0 heterocycles. The fraction of sp³-hybridized carbons (Fsp3) is 0.769. The van der Waals surface area contributed by atoms with Gasteiger partial charge in [0.1, 0.15) is 16.4 Å². The van der Waals surface area contributed by atoms with Gasteiger partial charge in [-0.1, -0.05) is 69.2 Å². The van der Waals surface area contributed by atoms with E-state index in [1.807, 2.05) is 6.92 Å². The molecule has 0 spiro atoms. The van der Waals surface area contributed by atoms with E-state index in [0.717, 1.165) is 12.8 Å². The second-order valence-corrected chi connectivity index (χ2v) is 13.7. The quantitative estimate of drug-likeness (QED) is 0.375. The number of rotatable bonds is 9. The third-order valence-electron chi connectivity index (χ3n) is 6.37. The molecule has 1 atom stereocenters. The molecule has 0 aromatic heterocycles. The summed E-state index contributed by atoms with van der Waals surface area (Å²) in [6.07, 6.45) is 2.14. The van der Waals surface area contributed by atoms with Gasteiger partial charge in [-0.25, -0.2) is 0 Å². The molecule has 0 radical (unpaired) electrons. The average Bonchev–Trinajstić information content (AvgIpc) is 2.52. The van der Waals surface area contributed by atoms with E-state index in [1.54, 1.807) is 6.92 Å². The van der Waals surface area contributed by atoms with Crippen LogP contribution >= 0.6 is 0 Å². The van der Waals surface area contributed by atoms with E-state index in [4.69, 9.17) is 4.74 Å². The summed E-state index contributed by atoms with van der Waals surface area (Å²) in [4.78, 5) is -0.295. The Morgan fingerprint density at radius 1 is 1.00 bits per heavy atom. The van der Waals surface area contributed by atoms with Crippen molar-refractivity contribution in [1.29, 1.82) is 0 Å². The fourth-order valence-electron chi connectivity index (χ4n) is 6.56. The predicted octanol–water partition coefficient (Wildman–Crippen LogP) is 7.14. The minimum atomic E-state index is -4.67. The predicted molar refractivity (Wildman–Crippen MR) is 132 cm³/mol. The number of hydrogen-bond donors (Lipinski definition) is 2. The van der Waals surface area contributed by atoms with Gasteiger partial charge < -0.3 is 9.84 Å². The first-order valence-corrected chi connectivity index (χ1v) is 13.0. The largest absolute Gasteiger partial charge is 0.507 e. The highest BCUT2D eigenvalue weighted by molar-refractivity contribution is 7.86. The summed E-state index contributed by atoms with van der Waals surface area (Å²) in [6, 6.07) is 0. The van der Waals surface area contributed by atoms with Crippen LogP contribution in [0.3, 0.4) is 0 Å². The molecule has 0 aliphatic rings. The van der Waals surface area contributed by atoms with Crippen LogP contribution in [0.1, 0.15) is 105 Å². The number of benzene rings is 1. The molecule has 6 heteroatoms. The molecule has 0 aliphatic carbocycles. The van der Waals surface area contributed by atoms with Gasteiger partial charge in [-0.2, -0.15) is 8.42 Å². The van der Waals surface area contributed by atoms with Crippen molar-refractivity contribution in [1.82, 2.24) is 0 Å². The monoisotopic (exact) mass is 470 g/mol. The maximum absolute atomic E-state index is 12.8. The van der Waals surface area contributed by atoms with Gasteiger partial charge in [-0.15, -0.1) is 0 Å². The molecule has 0 aliphatic heterocycles. The van der Waals surface area contributed by atoms with Crippen LogP contribution in [-0.2, 0) is 16.5 Å². The number of methoxy groups -OCH3 is 1. The molecule has 5 nitrogen and oxygen atoms in total. The van der Waals surface area contributed by atoms with Crippen LogP contribution in [0.15, 0.2) is 4.90 Å². The van der Waals surface area contributed by atoms with E-state index in [-0.39, 0.29) is 38.7 Å². The highest BCUT2D eigenvalue weighted by Gasteiger charge is 2.48. The van der Waals surface area contributed by atoms with Gasteiger partial charge in [-0.3, -0.25) is 4.55 Å². The van der Waals surface area contributed by atoms with Crippen LogP contribution in [-0.4, -0.2) is 25.2 Å². The van der Waals surface area contributed by atoms with Crippen molar-refractivity contribution >= 4 is 10.1 Å². The molecule has 0 amide bonds. The van der Waals surface area contributed by atoms with E-state index in [9.17, 15) is 18.1 Å². The Bertz CT molecular complexity index is 919. The molecule has 1 aromatic carbocycles. The van der Waals surface area contributed by atoms with E-state index in [1.165, 1.54) is 7.11 Å². The Labute approximate surface area is 196 Å². The Hall–Kier alpha value is -1.27. The van der Waals surface area contributed by atoms with Crippen LogP contribution in [0.2, 0.25) is 0 Å². The molecular formula is C26H46O5S. The zero-order valence-electron chi connectivity index (χ0n) is 22.3. The van der Waals surface area contributed by atoms with Gasteiger partial charge in [0.15, 0.2) is 0 Å².